The van der Waals surface area contributed by atoms with Gasteiger partial charge in [-0.15, -0.1) is 0 Å². The smallest absolute Gasteiger partial charge is 0.159 e. The largest absolute Gasteiger partial charge is 0.303 e. The van der Waals surface area contributed by atoms with Crippen molar-refractivity contribution in [3.63, 3.8) is 0 Å². The van der Waals surface area contributed by atoms with Gasteiger partial charge in [-0.25, -0.2) is 8.78 Å². The minimum absolute atomic E-state index is 0.436. The highest BCUT2D eigenvalue weighted by atomic mass is 79.9. The first-order valence-electron chi connectivity index (χ1n) is 4.22. The van der Waals surface area contributed by atoms with Crippen LogP contribution in [0.3, 0.4) is 0 Å². The van der Waals surface area contributed by atoms with Crippen LogP contribution in [0, 0.1) is 11.6 Å². The third-order valence-corrected chi connectivity index (χ3v) is 2.60. The van der Waals surface area contributed by atoms with E-state index in [0.717, 1.165) is 18.4 Å². The van der Waals surface area contributed by atoms with Crippen molar-refractivity contribution >= 4 is 22.2 Å². The number of carbonyl (C=O) groups is 1. The van der Waals surface area contributed by atoms with Crippen molar-refractivity contribution in [2.45, 2.75) is 19.3 Å². The van der Waals surface area contributed by atoms with Gasteiger partial charge in [0, 0.05) is 10.9 Å². The van der Waals surface area contributed by atoms with Gasteiger partial charge in [0.25, 0.3) is 0 Å². The average Bonchev–Trinajstić information content (AvgIpc) is 2.14. The Morgan fingerprint density at radius 3 is 2.57 bits per heavy atom. The second-order valence-electron chi connectivity index (χ2n) is 2.92. The number of halogens is 3. The van der Waals surface area contributed by atoms with Crippen LogP contribution in [0.1, 0.15) is 18.4 Å². The molecule has 76 valence electrons. The second kappa shape index (κ2) is 5.20. The van der Waals surface area contributed by atoms with Crippen LogP contribution in [0.15, 0.2) is 16.6 Å². The molecule has 0 aliphatic rings. The lowest BCUT2D eigenvalue weighted by molar-refractivity contribution is -0.107. The van der Waals surface area contributed by atoms with Gasteiger partial charge >= 0.3 is 0 Å². The SMILES string of the molecule is O=CCCCc1cc(F)c(F)cc1Br. The summed E-state index contributed by atoms with van der Waals surface area (Å²) in [6.07, 6.45) is 2.46. The molecule has 14 heavy (non-hydrogen) atoms. The Morgan fingerprint density at radius 2 is 1.93 bits per heavy atom. The standard InChI is InChI=1S/C10H9BrF2O/c11-8-6-10(13)9(12)5-7(8)3-1-2-4-14/h4-6H,1-3H2. The van der Waals surface area contributed by atoms with Gasteiger partial charge in [0.15, 0.2) is 11.6 Å². The molecule has 0 bridgehead atoms. The molecular formula is C10H9BrF2O. The average molecular weight is 263 g/mol. The Balaban J connectivity index is 2.76. The lowest BCUT2D eigenvalue weighted by Gasteiger charge is -2.03. The lowest BCUT2D eigenvalue weighted by atomic mass is 10.1. The highest BCUT2D eigenvalue weighted by molar-refractivity contribution is 9.10. The van der Waals surface area contributed by atoms with E-state index in [1.165, 1.54) is 0 Å². The number of aldehydes is 1. The van der Waals surface area contributed by atoms with Gasteiger partial charge < -0.3 is 4.79 Å². The summed E-state index contributed by atoms with van der Waals surface area (Å²) in [4.78, 5) is 10.1. The fourth-order valence-electron chi connectivity index (χ4n) is 1.13. The van der Waals surface area contributed by atoms with Crippen molar-refractivity contribution in [1.82, 2.24) is 0 Å². The summed E-state index contributed by atoms with van der Waals surface area (Å²) >= 11 is 3.14. The topological polar surface area (TPSA) is 17.1 Å². The second-order valence-corrected chi connectivity index (χ2v) is 3.77. The van der Waals surface area contributed by atoms with E-state index in [9.17, 15) is 13.6 Å². The van der Waals surface area contributed by atoms with Gasteiger partial charge in [-0.1, -0.05) is 15.9 Å². The molecule has 0 atom stereocenters. The zero-order valence-corrected chi connectivity index (χ0v) is 8.98. The summed E-state index contributed by atoms with van der Waals surface area (Å²) in [6.45, 7) is 0. The molecule has 0 aliphatic carbocycles. The monoisotopic (exact) mass is 262 g/mol. The van der Waals surface area contributed by atoms with Crippen molar-refractivity contribution in [3.05, 3.63) is 33.8 Å². The summed E-state index contributed by atoms with van der Waals surface area (Å²) in [5.41, 5.74) is 0.686. The van der Waals surface area contributed by atoms with Crippen LogP contribution in [0.25, 0.3) is 0 Å². The zero-order valence-electron chi connectivity index (χ0n) is 7.40. The van der Waals surface area contributed by atoms with Gasteiger partial charge in [-0.3, -0.25) is 0 Å². The van der Waals surface area contributed by atoms with E-state index in [-0.39, 0.29) is 0 Å². The van der Waals surface area contributed by atoms with Crippen molar-refractivity contribution in [2.24, 2.45) is 0 Å². The molecule has 0 heterocycles. The maximum atomic E-state index is 12.8. The molecule has 1 rings (SSSR count). The van der Waals surface area contributed by atoms with Crippen LogP contribution < -0.4 is 0 Å². The Morgan fingerprint density at radius 1 is 1.29 bits per heavy atom. The fraction of sp³-hybridized carbons (Fsp3) is 0.300. The Bertz CT molecular complexity index is 339. The third kappa shape index (κ3) is 2.87. The molecular weight excluding hydrogens is 254 g/mol. The molecule has 0 radical (unpaired) electrons. The molecule has 4 heteroatoms. The van der Waals surface area contributed by atoms with Gasteiger partial charge in [0.2, 0.25) is 0 Å². The van der Waals surface area contributed by atoms with Gasteiger partial charge in [0.05, 0.1) is 0 Å². The molecule has 0 N–H and O–H groups in total. The number of unbranched alkanes of at least 4 members (excludes halogenated alkanes) is 1. The molecule has 0 aromatic heterocycles. The van der Waals surface area contributed by atoms with Crippen LogP contribution in [0.4, 0.5) is 8.78 Å². The Labute approximate surface area is 89.3 Å². The number of aryl methyl sites for hydroxylation is 1. The Kier molecular flexibility index (Phi) is 4.20. The van der Waals surface area contributed by atoms with Gasteiger partial charge in [-0.2, -0.15) is 0 Å². The summed E-state index contributed by atoms with van der Waals surface area (Å²) in [6, 6.07) is 2.26. The number of rotatable bonds is 4. The number of hydrogen-bond donors (Lipinski definition) is 0. The first kappa shape index (κ1) is 11.3. The predicted molar refractivity (Wildman–Crippen MR) is 53.1 cm³/mol. The first-order valence-corrected chi connectivity index (χ1v) is 5.01. The molecule has 0 spiro atoms. The molecule has 0 unspecified atom stereocenters. The number of hydrogen-bond acceptors (Lipinski definition) is 1. The molecule has 0 saturated carbocycles. The maximum absolute atomic E-state index is 12.8. The quantitative estimate of drug-likeness (QED) is 0.463. The van der Waals surface area contributed by atoms with E-state index in [1.54, 1.807) is 0 Å². The molecule has 0 aliphatic heterocycles. The number of carbonyl (C=O) groups excluding carboxylic acids is 1. The van der Waals surface area contributed by atoms with Crippen molar-refractivity contribution < 1.29 is 13.6 Å². The lowest BCUT2D eigenvalue weighted by Crippen LogP contribution is -1.92. The highest BCUT2D eigenvalue weighted by Gasteiger charge is 2.07. The molecule has 0 amide bonds. The van der Waals surface area contributed by atoms with Crippen LogP contribution in [0.2, 0.25) is 0 Å². The van der Waals surface area contributed by atoms with E-state index in [2.05, 4.69) is 15.9 Å². The van der Waals surface area contributed by atoms with E-state index >= 15 is 0 Å². The maximum Gasteiger partial charge on any atom is 0.159 e. The molecule has 1 nitrogen and oxygen atoms in total. The zero-order chi connectivity index (χ0) is 10.6. The van der Waals surface area contributed by atoms with Crippen molar-refractivity contribution in [3.8, 4) is 0 Å². The summed E-state index contributed by atoms with van der Waals surface area (Å²) in [7, 11) is 0. The minimum Gasteiger partial charge on any atom is -0.303 e. The highest BCUT2D eigenvalue weighted by Crippen LogP contribution is 2.22. The van der Waals surface area contributed by atoms with E-state index in [4.69, 9.17) is 0 Å². The Hall–Kier alpha value is -0.770. The van der Waals surface area contributed by atoms with Gasteiger partial charge in [0.1, 0.15) is 6.29 Å². The van der Waals surface area contributed by atoms with Gasteiger partial charge in [-0.05, 0) is 30.5 Å². The molecule has 1 aromatic carbocycles. The third-order valence-electron chi connectivity index (χ3n) is 1.86. The minimum atomic E-state index is -0.865. The predicted octanol–water partition coefficient (Wildman–Crippen LogP) is 3.25. The normalized spacial score (nSPS) is 10.2. The van der Waals surface area contributed by atoms with E-state index < -0.39 is 11.6 Å². The van der Waals surface area contributed by atoms with E-state index in [1.807, 2.05) is 0 Å². The van der Waals surface area contributed by atoms with E-state index in [0.29, 0.717) is 29.3 Å². The van der Waals surface area contributed by atoms with Crippen LogP contribution in [0.5, 0.6) is 0 Å². The summed E-state index contributed by atoms with van der Waals surface area (Å²) < 4.78 is 26.0. The van der Waals surface area contributed by atoms with Crippen LogP contribution >= 0.6 is 15.9 Å². The van der Waals surface area contributed by atoms with Crippen molar-refractivity contribution in [2.75, 3.05) is 0 Å². The first-order chi connectivity index (χ1) is 6.65. The summed E-state index contributed by atoms with van der Waals surface area (Å²) in [5.74, 6) is -1.72. The van der Waals surface area contributed by atoms with Crippen LogP contribution in [-0.2, 0) is 11.2 Å². The fourth-order valence-corrected chi connectivity index (χ4v) is 1.64. The summed E-state index contributed by atoms with van der Waals surface area (Å²) in [5, 5.41) is 0. The number of benzene rings is 1. The molecule has 1 aromatic rings. The van der Waals surface area contributed by atoms with Crippen LogP contribution in [-0.4, -0.2) is 6.29 Å². The van der Waals surface area contributed by atoms with Crippen molar-refractivity contribution in [1.29, 1.82) is 0 Å². The molecule has 0 fully saturated rings. The molecule has 0 saturated heterocycles.